The predicted octanol–water partition coefficient (Wildman–Crippen LogP) is 2.17. The molecule has 0 aromatic heterocycles. The van der Waals surface area contributed by atoms with Crippen molar-refractivity contribution in [1.29, 1.82) is 0 Å². The zero-order valence-electron chi connectivity index (χ0n) is 11.3. The highest BCUT2D eigenvalue weighted by Gasteiger charge is 2.40. The Kier molecular flexibility index (Phi) is 4.08. The third-order valence-electron chi connectivity index (χ3n) is 4.55. The predicted molar refractivity (Wildman–Crippen MR) is 69.9 cm³/mol. The molecule has 2 fully saturated rings. The number of carbonyl (C=O) groups is 1. The van der Waals surface area contributed by atoms with Gasteiger partial charge in [-0.25, -0.2) is 0 Å². The van der Waals surface area contributed by atoms with E-state index in [1.54, 1.807) is 0 Å². The van der Waals surface area contributed by atoms with Crippen LogP contribution in [0.15, 0.2) is 0 Å². The lowest BCUT2D eigenvalue weighted by Crippen LogP contribution is -2.48. The SMILES string of the molecule is CNCC1CCCN1C(=O)C1(C)CCCCC1. The van der Waals surface area contributed by atoms with E-state index in [0.717, 1.165) is 25.9 Å². The van der Waals surface area contributed by atoms with Gasteiger partial charge in [0.25, 0.3) is 0 Å². The minimum absolute atomic E-state index is 0.0609. The minimum atomic E-state index is -0.0609. The van der Waals surface area contributed by atoms with E-state index in [2.05, 4.69) is 17.1 Å². The quantitative estimate of drug-likeness (QED) is 0.817. The van der Waals surface area contributed by atoms with Crippen LogP contribution in [-0.2, 0) is 4.79 Å². The van der Waals surface area contributed by atoms with Crippen LogP contribution in [-0.4, -0.2) is 37.0 Å². The van der Waals surface area contributed by atoms with Crippen molar-refractivity contribution in [1.82, 2.24) is 10.2 Å². The molecule has 0 spiro atoms. The fraction of sp³-hybridized carbons (Fsp3) is 0.929. The fourth-order valence-corrected chi connectivity index (χ4v) is 3.44. The Morgan fingerprint density at radius 2 is 2.00 bits per heavy atom. The Bertz CT molecular complexity index is 271. The molecule has 1 aliphatic carbocycles. The number of hydrogen-bond acceptors (Lipinski definition) is 2. The molecule has 3 nitrogen and oxygen atoms in total. The van der Waals surface area contributed by atoms with Crippen molar-refractivity contribution in [2.45, 2.75) is 57.9 Å². The first-order valence-corrected chi connectivity index (χ1v) is 7.13. The van der Waals surface area contributed by atoms with E-state index >= 15 is 0 Å². The van der Waals surface area contributed by atoms with Gasteiger partial charge in [-0.15, -0.1) is 0 Å². The molecular weight excluding hydrogens is 212 g/mol. The molecule has 1 aliphatic heterocycles. The normalized spacial score (nSPS) is 28.4. The number of hydrogen-bond donors (Lipinski definition) is 1. The largest absolute Gasteiger partial charge is 0.338 e. The molecule has 1 amide bonds. The van der Waals surface area contributed by atoms with E-state index in [1.807, 2.05) is 7.05 Å². The number of amides is 1. The van der Waals surface area contributed by atoms with Crippen LogP contribution in [0.3, 0.4) is 0 Å². The van der Waals surface area contributed by atoms with Gasteiger partial charge in [-0.3, -0.25) is 4.79 Å². The van der Waals surface area contributed by atoms with Crippen molar-refractivity contribution < 1.29 is 4.79 Å². The average Bonchev–Trinajstić information content (AvgIpc) is 2.78. The second-order valence-electron chi connectivity index (χ2n) is 5.97. The Hall–Kier alpha value is -0.570. The molecule has 0 aromatic carbocycles. The zero-order chi connectivity index (χ0) is 12.3. The average molecular weight is 238 g/mol. The molecule has 1 unspecified atom stereocenters. The van der Waals surface area contributed by atoms with E-state index in [1.165, 1.54) is 32.1 Å². The smallest absolute Gasteiger partial charge is 0.228 e. The standard InChI is InChI=1S/C14H26N2O/c1-14(8-4-3-5-9-14)13(17)16-10-6-7-12(16)11-15-2/h12,15H,3-11H2,1-2H3. The van der Waals surface area contributed by atoms with Crippen LogP contribution < -0.4 is 5.32 Å². The molecule has 0 bridgehead atoms. The van der Waals surface area contributed by atoms with Gasteiger partial charge in [0, 0.05) is 24.5 Å². The summed E-state index contributed by atoms with van der Waals surface area (Å²) in [5, 5.41) is 3.22. The molecule has 2 aliphatic rings. The van der Waals surface area contributed by atoms with Crippen LogP contribution in [0.2, 0.25) is 0 Å². The van der Waals surface area contributed by atoms with E-state index in [-0.39, 0.29) is 5.41 Å². The molecule has 1 saturated carbocycles. The van der Waals surface area contributed by atoms with Gasteiger partial charge in [-0.2, -0.15) is 0 Å². The van der Waals surface area contributed by atoms with Crippen LogP contribution in [0.4, 0.5) is 0 Å². The van der Waals surface area contributed by atoms with E-state index in [0.29, 0.717) is 11.9 Å². The minimum Gasteiger partial charge on any atom is -0.338 e. The number of nitrogens with one attached hydrogen (secondary N) is 1. The lowest BCUT2D eigenvalue weighted by molar-refractivity contribution is -0.143. The van der Waals surface area contributed by atoms with Crippen LogP contribution in [0.25, 0.3) is 0 Å². The summed E-state index contributed by atoms with van der Waals surface area (Å²) in [7, 11) is 1.98. The van der Waals surface area contributed by atoms with Gasteiger partial charge >= 0.3 is 0 Å². The van der Waals surface area contributed by atoms with Crippen LogP contribution in [0, 0.1) is 5.41 Å². The Labute approximate surface area is 105 Å². The van der Waals surface area contributed by atoms with Crippen molar-refractivity contribution in [3.8, 4) is 0 Å². The van der Waals surface area contributed by atoms with Crippen molar-refractivity contribution in [2.75, 3.05) is 20.1 Å². The number of likely N-dealkylation sites (N-methyl/N-ethyl adjacent to an activating group) is 1. The fourth-order valence-electron chi connectivity index (χ4n) is 3.44. The Morgan fingerprint density at radius 1 is 1.29 bits per heavy atom. The summed E-state index contributed by atoms with van der Waals surface area (Å²) in [5.41, 5.74) is -0.0609. The highest BCUT2D eigenvalue weighted by molar-refractivity contribution is 5.83. The maximum Gasteiger partial charge on any atom is 0.228 e. The molecule has 98 valence electrons. The maximum absolute atomic E-state index is 12.7. The summed E-state index contributed by atoms with van der Waals surface area (Å²) >= 11 is 0. The van der Waals surface area contributed by atoms with Crippen LogP contribution >= 0.6 is 0 Å². The third-order valence-corrected chi connectivity index (χ3v) is 4.55. The molecule has 2 rings (SSSR count). The molecule has 17 heavy (non-hydrogen) atoms. The van der Waals surface area contributed by atoms with Gasteiger partial charge in [0.05, 0.1) is 0 Å². The molecule has 3 heteroatoms. The molecule has 1 N–H and O–H groups in total. The third kappa shape index (κ3) is 2.65. The van der Waals surface area contributed by atoms with Gasteiger partial charge in [0.1, 0.15) is 0 Å². The van der Waals surface area contributed by atoms with Gasteiger partial charge in [-0.1, -0.05) is 26.2 Å². The first kappa shape index (κ1) is 12.9. The van der Waals surface area contributed by atoms with Gasteiger partial charge < -0.3 is 10.2 Å². The second kappa shape index (κ2) is 5.38. The van der Waals surface area contributed by atoms with Gasteiger partial charge in [-0.05, 0) is 32.7 Å². The first-order valence-electron chi connectivity index (χ1n) is 7.13. The topological polar surface area (TPSA) is 32.3 Å². The van der Waals surface area contributed by atoms with E-state index < -0.39 is 0 Å². The van der Waals surface area contributed by atoms with Crippen LogP contribution in [0.1, 0.15) is 51.9 Å². The first-order chi connectivity index (χ1) is 8.17. The molecule has 0 aromatic rings. The monoisotopic (exact) mass is 238 g/mol. The van der Waals surface area contributed by atoms with Crippen molar-refractivity contribution in [3.05, 3.63) is 0 Å². The Balaban J connectivity index is 2.02. The summed E-state index contributed by atoms with van der Waals surface area (Å²) in [4.78, 5) is 14.9. The van der Waals surface area contributed by atoms with Gasteiger partial charge in [0.2, 0.25) is 5.91 Å². The summed E-state index contributed by atoms with van der Waals surface area (Å²) < 4.78 is 0. The van der Waals surface area contributed by atoms with E-state index in [4.69, 9.17) is 0 Å². The number of rotatable bonds is 3. The van der Waals surface area contributed by atoms with E-state index in [9.17, 15) is 4.79 Å². The summed E-state index contributed by atoms with van der Waals surface area (Å²) in [5.74, 6) is 0.426. The number of carbonyl (C=O) groups excluding carboxylic acids is 1. The Morgan fingerprint density at radius 3 is 2.65 bits per heavy atom. The summed E-state index contributed by atoms with van der Waals surface area (Å²) in [6.45, 7) is 4.10. The molecular formula is C14H26N2O. The number of likely N-dealkylation sites (tertiary alicyclic amines) is 1. The summed E-state index contributed by atoms with van der Waals surface area (Å²) in [6.07, 6.45) is 8.29. The highest BCUT2D eigenvalue weighted by Crippen LogP contribution is 2.38. The number of nitrogens with zero attached hydrogens (tertiary/aromatic N) is 1. The molecule has 1 saturated heterocycles. The molecule has 1 atom stereocenters. The van der Waals surface area contributed by atoms with Crippen molar-refractivity contribution in [2.24, 2.45) is 5.41 Å². The molecule has 1 heterocycles. The summed E-state index contributed by atoms with van der Waals surface area (Å²) in [6, 6.07) is 0.436. The molecule has 0 radical (unpaired) electrons. The maximum atomic E-state index is 12.7. The lowest BCUT2D eigenvalue weighted by Gasteiger charge is -2.38. The second-order valence-corrected chi connectivity index (χ2v) is 5.97. The van der Waals surface area contributed by atoms with Crippen molar-refractivity contribution >= 4 is 5.91 Å². The van der Waals surface area contributed by atoms with Crippen molar-refractivity contribution in [3.63, 3.8) is 0 Å². The van der Waals surface area contributed by atoms with Gasteiger partial charge in [0.15, 0.2) is 0 Å². The lowest BCUT2D eigenvalue weighted by atomic mass is 9.74. The highest BCUT2D eigenvalue weighted by atomic mass is 16.2. The zero-order valence-corrected chi connectivity index (χ0v) is 11.3. The van der Waals surface area contributed by atoms with Crippen LogP contribution in [0.5, 0.6) is 0 Å².